The van der Waals surface area contributed by atoms with Crippen molar-refractivity contribution < 1.29 is 59.1 Å². The Labute approximate surface area is 295 Å². The van der Waals surface area contributed by atoms with Gasteiger partial charge in [-0.3, -0.25) is 0 Å². The Morgan fingerprint density at radius 2 is 1.60 bits per heavy atom. The minimum Gasteiger partial charge on any atom is -0.393 e. The van der Waals surface area contributed by atoms with Crippen molar-refractivity contribution in [3.05, 3.63) is 11.6 Å². The van der Waals surface area contributed by atoms with Gasteiger partial charge >= 0.3 is 0 Å². The van der Waals surface area contributed by atoms with Crippen LogP contribution in [-0.4, -0.2) is 123 Å². The fourth-order valence-electron chi connectivity index (χ4n) is 12.4. The minimum atomic E-state index is -1.60. The summed E-state index contributed by atoms with van der Waals surface area (Å²) in [6, 6.07) is 0. The molecule has 12 nitrogen and oxygen atoms in total. The second-order valence-corrected chi connectivity index (χ2v) is 17.9. The van der Waals surface area contributed by atoms with Gasteiger partial charge in [0, 0.05) is 24.2 Å². The van der Waals surface area contributed by atoms with Crippen LogP contribution in [-0.2, 0) is 28.4 Å². The van der Waals surface area contributed by atoms with Crippen molar-refractivity contribution in [3.63, 3.8) is 0 Å². The summed E-state index contributed by atoms with van der Waals surface area (Å²) in [6.45, 7) is 11.5. The highest BCUT2D eigenvalue weighted by molar-refractivity contribution is 5.28. The lowest BCUT2D eigenvalue weighted by atomic mass is 9.46. The summed E-state index contributed by atoms with van der Waals surface area (Å²) >= 11 is 0. The van der Waals surface area contributed by atoms with Gasteiger partial charge < -0.3 is 59.1 Å². The Morgan fingerprint density at radius 1 is 0.820 bits per heavy atom. The molecule has 6 N–H and O–H groups in total. The van der Waals surface area contributed by atoms with Gasteiger partial charge in [0.05, 0.1) is 37.6 Å². The van der Waals surface area contributed by atoms with Crippen molar-refractivity contribution in [3.8, 4) is 0 Å². The molecule has 4 saturated heterocycles. The van der Waals surface area contributed by atoms with Crippen LogP contribution in [0, 0.1) is 46.3 Å². The molecule has 284 valence electrons. The fourth-order valence-corrected chi connectivity index (χ4v) is 12.4. The van der Waals surface area contributed by atoms with E-state index in [9.17, 15) is 30.6 Å². The molecule has 0 radical (unpaired) electrons. The average Bonchev–Trinajstić information content (AvgIpc) is 3.53. The smallest absolute Gasteiger partial charge is 0.187 e. The van der Waals surface area contributed by atoms with Crippen molar-refractivity contribution in [1.82, 2.24) is 0 Å². The number of ether oxygens (including phenoxy) is 6. The molecule has 7 fully saturated rings. The van der Waals surface area contributed by atoms with Gasteiger partial charge in [-0.2, -0.15) is 0 Å². The zero-order valence-electron chi connectivity index (χ0n) is 30.2. The summed E-state index contributed by atoms with van der Waals surface area (Å²) in [5.41, 5.74) is 0.917. The highest BCUT2D eigenvalue weighted by Gasteiger charge is 2.69. The van der Waals surface area contributed by atoms with E-state index in [1.807, 2.05) is 0 Å². The third-order valence-electron chi connectivity index (χ3n) is 15.2. The van der Waals surface area contributed by atoms with Crippen LogP contribution in [0.1, 0.15) is 86.0 Å². The number of allylic oxidation sites excluding steroid dienone is 1. The van der Waals surface area contributed by atoms with E-state index in [1.165, 1.54) is 5.57 Å². The standard InChI is InChI=1S/C38H60O12/c1-17-8-11-38(46-15-17)18(2)28-26(50-38)14-24-22-7-6-20-12-21(39)13-27(37(20,5)23(22)9-10-36(24,28)4)48-35-33(30(42)25(40)16-45-35)49-34-32(44)31(43)29(41)19(3)47-34/h6,17-19,21-35,39-44H,7-16H2,1-5H3/t17-,18-,19-,21+,22+,23-,24-,25+,26-,27+,28-,29-,30-,31+,32+,33+,34-,35-,36-,37-,38-/m0/s1. The number of rotatable bonds is 4. The van der Waals surface area contributed by atoms with Gasteiger partial charge in [0.25, 0.3) is 0 Å². The molecule has 0 aromatic heterocycles. The molecule has 4 heterocycles. The molecule has 21 atom stereocenters. The van der Waals surface area contributed by atoms with Gasteiger partial charge in [0.15, 0.2) is 18.4 Å². The van der Waals surface area contributed by atoms with E-state index < -0.39 is 78.7 Å². The number of hydrogen-bond donors (Lipinski definition) is 6. The van der Waals surface area contributed by atoms with E-state index in [4.69, 9.17) is 28.4 Å². The third-order valence-corrected chi connectivity index (χ3v) is 15.2. The fraction of sp³-hybridized carbons (Fsp3) is 0.947. The number of hydrogen-bond acceptors (Lipinski definition) is 12. The van der Waals surface area contributed by atoms with Gasteiger partial charge in [-0.25, -0.2) is 0 Å². The summed E-state index contributed by atoms with van der Waals surface area (Å²) in [6.07, 6.45) is -3.26. The van der Waals surface area contributed by atoms with Crippen molar-refractivity contribution in [2.24, 2.45) is 46.3 Å². The minimum absolute atomic E-state index is 0.134. The average molecular weight is 709 g/mol. The van der Waals surface area contributed by atoms with Gasteiger partial charge in [-0.15, -0.1) is 0 Å². The van der Waals surface area contributed by atoms with Crippen LogP contribution in [0.3, 0.4) is 0 Å². The Bertz CT molecular complexity index is 1290. The van der Waals surface area contributed by atoms with Crippen LogP contribution in [0.2, 0.25) is 0 Å². The SMILES string of the molecule is C[C@H]1CC[C@]2(OC1)O[C@H]1C[C@H]3[C@@H]4CC=C5C[C@@H](O)C[C@@H](O[C@@H]6OC[C@@H](O)[C@H](O)[C@H]6O[C@@H]6O[C@@H](C)[C@H](O)[C@@H](O)[C@H]6O)[C@]5(C)[C@H]4CC[C@]3(C)[C@H]1[C@@H]2C. The van der Waals surface area contributed by atoms with Crippen LogP contribution < -0.4 is 0 Å². The van der Waals surface area contributed by atoms with Crippen molar-refractivity contribution >= 4 is 0 Å². The van der Waals surface area contributed by atoms with E-state index >= 15 is 0 Å². The first-order chi connectivity index (χ1) is 23.7. The first-order valence-corrected chi connectivity index (χ1v) is 19.4. The first kappa shape index (κ1) is 36.2. The molecule has 0 bridgehead atoms. The third kappa shape index (κ3) is 5.45. The maximum atomic E-state index is 11.1. The maximum Gasteiger partial charge on any atom is 0.187 e. The lowest BCUT2D eigenvalue weighted by Crippen LogP contribution is -2.63. The molecule has 4 aliphatic carbocycles. The van der Waals surface area contributed by atoms with E-state index in [2.05, 4.69) is 33.8 Å². The Balaban J connectivity index is 1.04. The zero-order chi connectivity index (χ0) is 35.5. The van der Waals surface area contributed by atoms with Gasteiger partial charge in [-0.1, -0.05) is 39.3 Å². The van der Waals surface area contributed by atoms with Crippen LogP contribution >= 0.6 is 0 Å². The molecule has 8 rings (SSSR count). The molecule has 0 aromatic rings. The van der Waals surface area contributed by atoms with E-state index in [0.717, 1.165) is 45.1 Å². The Morgan fingerprint density at radius 3 is 2.34 bits per heavy atom. The van der Waals surface area contributed by atoms with E-state index in [0.29, 0.717) is 48.3 Å². The Hall–Kier alpha value is -0.740. The molecule has 0 amide bonds. The molecule has 1 spiro atoms. The summed E-state index contributed by atoms with van der Waals surface area (Å²) in [4.78, 5) is 0. The molecular formula is C38H60O12. The maximum absolute atomic E-state index is 11.1. The predicted molar refractivity (Wildman–Crippen MR) is 177 cm³/mol. The van der Waals surface area contributed by atoms with Gasteiger partial charge in [-0.05, 0) is 80.5 Å². The molecule has 50 heavy (non-hydrogen) atoms. The molecule has 0 unspecified atom stereocenters. The summed E-state index contributed by atoms with van der Waals surface area (Å²) in [5, 5.41) is 64.1. The van der Waals surface area contributed by atoms with Crippen molar-refractivity contribution in [2.75, 3.05) is 13.2 Å². The zero-order valence-corrected chi connectivity index (χ0v) is 30.2. The normalized spacial score (nSPS) is 59.3. The number of aliphatic hydroxyl groups excluding tert-OH is 6. The Kier molecular flexibility index (Phi) is 9.38. The van der Waals surface area contributed by atoms with Crippen LogP contribution in [0.15, 0.2) is 11.6 Å². The van der Waals surface area contributed by atoms with Crippen LogP contribution in [0.5, 0.6) is 0 Å². The van der Waals surface area contributed by atoms with Crippen molar-refractivity contribution in [2.45, 2.75) is 165 Å². The largest absolute Gasteiger partial charge is 0.393 e. The number of aliphatic hydroxyl groups is 6. The quantitative estimate of drug-likeness (QED) is 0.235. The lowest BCUT2D eigenvalue weighted by Gasteiger charge is -2.60. The highest BCUT2D eigenvalue weighted by Crippen LogP contribution is 2.71. The second kappa shape index (κ2) is 12.9. The van der Waals surface area contributed by atoms with Crippen LogP contribution in [0.4, 0.5) is 0 Å². The first-order valence-electron chi connectivity index (χ1n) is 19.4. The van der Waals surface area contributed by atoms with E-state index in [1.54, 1.807) is 6.92 Å². The van der Waals surface area contributed by atoms with E-state index in [-0.39, 0.29) is 18.1 Å². The van der Waals surface area contributed by atoms with Crippen molar-refractivity contribution in [1.29, 1.82) is 0 Å². The predicted octanol–water partition coefficient (Wildman–Crippen LogP) is 2.00. The topological polar surface area (TPSA) is 177 Å². The lowest BCUT2D eigenvalue weighted by molar-refractivity contribution is -0.362. The second-order valence-electron chi connectivity index (χ2n) is 17.9. The molecular weight excluding hydrogens is 648 g/mol. The molecule has 3 saturated carbocycles. The monoisotopic (exact) mass is 708 g/mol. The van der Waals surface area contributed by atoms with Gasteiger partial charge in [0.1, 0.15) is 36.6 Å². The molecule has 4 aliphatic heterocycles. The molecule has 12 heteroatoms. The van der Waals surface area contributed by atoms with Gasteiger partial charge in [0.2, 0.25) is 0 Å². The summed E-state index contributed by atoms with van der Waals surface area (Å²) < 4.78 is 38.0. The number of fused-ring (bicyclic) bond motifs is 7. The summed E-state index contributed by atoms with van der Waals surface area (Å²) in [5.74, 6) is 2.08. The molecule has 8 aliphatic rings. The summed E-state index contributed by atoms with van der Waals surface area (Å²) in [7, 11) is 0. The molecule has 0 aromatic carbocycles. The highest BCUT2D eigenvalue weighted by atomic mass is 16.8. The van der Waals surface area contributed by atoms with Crippen LogP contribution in [0.25, 0.3) is 0 Å².